The minimum Gasteiger partial charge on any atom is -0.316 e. The van der Waals surface area contributed by atoms with E-state index in [4.69, 9.17) is 0 Å². The Balaban J connectivity index is 2.75. The highest BCUT2D eigenvalue weighted by Crippen LogP contribution is 2.20. The minimum absolute atomic E-state index is 0.242. The zero-order valence-electron chi connectivity index (χ0n) is 11.5. The summed E-state index contributed by atoms with van der Waals surface area (Å²) in [5.41, 5.74) is 4.00. The molecule has 3 nitrogen and oxygen atoms in total. The van der Waals surface area contributed by atoms with Crippen LogP contribution in [0.25, 0.3) is 0 Å². The maximum Gasteiger partial charge on any atom is 0.0625 e. The standard InChI is InChI=1S/C13H25N3/c1-7-14-8-13(5,6)9-16-12(4)10(2)11(3)15-16/h14H,7-9H2,1-6H3. The smallest absolute Gasteiger partial charge is 0.0625 e. The molecule has 1 heterocycles. The van der Waals surface area contributed by atoms with E-state index in [9.17, 15) is 0 Å². The summed E-state index contributed by atoms with van der Waals surface area (Å²) in [7, 11) is 0. The first kappa shape index (κ1) is 13.2. The maximum absolute atomic E-state index is 4.59. The second kappa shape index (κ2) is 5.00. The van der Waals surface area contributed by atoms with Gasteiger partial charge in [0, 0.05) is 18.8 Å². The highest BCUT2D eigenvalue weighted by molar-refractivity contribution is 5.22. The largest absolute Gasteiger partial charge is 0.316 e. The topological polar surface area (TPSA) is 29.9 Å². The summed E-state index contributed by atoms with van der Waals surface area (Å²) in [4.78, 5) is 0. The quantitative estimate of drug-likeness (QED) is 0.831. The van der Waals surface area contributed by atoms with Gasteiger partial charge in [-0.3, -0.25) is 4.68 Å². The Kier molecular flexibility index (Phi) is 4.14. The van der Waals surface area contributed by atoms with Crippen LogP contribution in [-0.2, 0) is 6.54 Å². The highest BCUT2D eigenvalue weighted by atomic mass is 15.3. The molecule has 1 aromatic rings. The monoisotopic (exact) mass is 223 g/mol. The van der Waals surface area contributed by atoms with Crippen LogP contribution in [0.3, 0.4) is 0 Å². The number of hydrogen-bond acceptors (Lipinski definition) is 2. The van der Waals surface area contributed by atoms with E-state index in [1.54, 1.807) is 0 Å². The summed E-state index contributed by atoms with van der Waals surface area (Å²) in [6.45, 7) is 16.1. The molecule has 0 spiro atoms. The third kappa shape index (κ3) is 3.08. The molecule has 1 aromatic heterocycles. The van der Waals surface area contributed by atoms with Gasteiger partial charge in [0.25, 0.3) is 0 Å². The summed E-state index contributed by atoms with van der Waals surface area (Å²) >= 11 is 0. The van der Waals surface area contributed by atoms with Gasteiger partial charge in [0.2, 0.25) is 0 Å². The van der Waals surface area contributed by atoms with Crippen molar-refractivity contribution in [2.75, 3.05) is 13.1 Å². The van der Waals surface area contributed by atoms with Crippen LogP contribution in [0.5, 0.6) is 0 Å². The van der Waals surface area contributed by atoms with Crippen molar-refractivity contribution in [2.45, 2.75) is 48.1 Å². The average Bonchev–Trinajstić information content (AvgIpc) is 2.43. The number of nitrogens with one attached hydrogen (secondary N) is 1. The van der Waals surface area contributed by atoms with Crippen molar-refractivity contribution in [3.05, 3.63) is 17.0 Å². The number of rotatable bonds is 5. The first-order valence-corrected chi connectivity index (χ1v) is 6.08. The molecule has 0 aliphatic carbocycles. The molecular weight excluding hydrogens is 198 g/mol. The van der Waals surface area contributed by atoms with Crippen LogP contribution in [0.15, 0.2) is 0 Å². The molecule has 0 radical (unpaired) electrons. The first-order valence-electron chi connectivity index (χ1n) is 6.08. The van der Waals surface area contributed by atoms with Gasteiger partial charge >= 0.3 is 0 Å². The summed E-state index contributed by atoms with van der Waals surface area (Å²) in [6, 6.07) is 0. The molecule has 0 atom stereocenters. The molecule has 0 fully saturated rings. The summed E-state index contributed by atoms with van der Waals surface area (Å²) in [5, 5.41) is 8.00. The van der Waals surface area contributed by atoms with E-state index in [1.165, 1.54) is 11.3 Å². The number of hydrogen-bond donors (Lipinski definition) is 1. The molecule has 1 N–H and O–H groups in total. The summed E-state index contributed by atoms with van der Waals surface area (Å²) in [6.07, 6.45) is 0. The SMILES string of the molecule is CCNCC(C)(C)Cn1nc(C)c(C)c1C. The van der Waals surface area contributed by atoms with Gasteiger partial charge in [0.05, 0.1) is 5.69 Å². The molecule has 1 rings (SSSR count). The third-order valence-electron chi connectivity index (χ3n) is 3.17. The van der Waals surface area contributed by atoms with Gasteiger partial charge in [-0.25, -0.2) is 0 Å². The van der Waals surface area contributed by atoms with Gasteiger partial charge < -0.3 is 5.32 Å². The second-order valence-corrected chi connectivity index (χ2v) is 5.40. The van der Waals surface area contributed by atoms with Gasteiger partial charge in [-0.05, 0) is 38.3 Å². The molecule has 16 heavy (non-hydrogen) atoms. The van der Waals surface area contributed by atoms with E-state index in [1.807, 2.05) is 0 Å². The normalized spacial score (nSPS) is 12.1. The van der Waals surface area contributed by atoms with Crippen LogP contribution in [0, 0.1) is 26.2 Å². The van der Waals surface area contributed by atoms with Gasteiger partial charge in [-0.2, -0.15) is 5.10 Å². The van der Waals surface area contributed by atoms with Crippen molar-refractivity contribution in [3.63, 3.8) is 0 Å². The zero-order chi connectivity index (χ0) is 12.3. The molecule has 0 bridgehead atoms. The molecule has 0 amide bonds. The Morgan fingerprint density at radius 1 is 1.25 bits per heavy atom. The van der Waals surface area contributed by atoms with Crippen molar-refractivity contribution >= 4 is 0 Å². The second-order valence-electron chi connectivity index (χ2n) is 5.40. The van der Waals surface area contributed by atoms with Crippen LogP contribution in [0.4, 0.5) is 0 Å². The van der Waals surface area contributed by atoms with Crippen LogP contribution in [-0.4, -0.2) is 22.9 Å². The van der Waals surface area contributed by atoms with Crippen LogP contribution in [0.2, 0.25) is 0 Å². The first-order chi connectivity index (χ1) is 7.37. The maximum atomic E-state index is 4.59. The molecule has 0 unspecified atom stereocenters. The van der Waals surface area contributed by atoms with Gasteiger partial charge in [0.15, 0.2) is 0 Å². The van der Waals surface area contributed by atoms with Gasteiger partial charge in [-0.1, -0.05) is 20.8 Å². The Morgan fingerprint density at radius 2 is 1.88 bits per heavy atom. The lowest BCUT2D eigenvalue weighted by atomic mass is 9.93. The Hall–Kier alpha value is -0.830. The van der Waals surface area contributed by atoms with E-state index in [2.05, 4.69) is 56.6 Å². The molecule has 3 heteroatoms. The van der Waals surface area contributed by atoms with Crippen LogP contribution in [0.1, 0.15) is 37.7 Å². The third-order valence-corrected chi connectivity index (χ3v) is 3.17. The number of aryl methyl sites for hydroxylation is 1. The fourth-order valence-electron chi connectivity index (χ4n) is 1.87. The van der Waals surface area contributed by atoms with E-state index in [0.29, 0.717) is 0 Å². The lowest BCUT2D eigenvalue weighted by Gasteiger charge is -2.25. The molecule has 0 saturated carbocycles. The fraction of sp³-hybridized carbons (Fsp3) is 0.769. The van der Waals surface area contributed by atoms with Crippen molar-refractivity contribution < 1.29 is 0 Å². The van der Waals surface area contributed by atoms with E-state index >= 15 is 0 Å². The van der Waals surface area contributed by atoms with Crippen molar-refractivity contribution in [2.24, 2.45) is 5.41 Å². The molecule has 0 saturated heterocycles. The number of aromatic nitrogens is 2. The Morgan fingerprint density at radius 3 is 2.31 bits per heavy atom. The molecule has 0 aliphatic rings. The van der Waals surface area contributed by atoms with Crippen LogP contribution >= 0.6 is 0 Å². The minimum atomic E-state index is 0.242. The predicted octanol–water partition coefficient (Wildman–Crippen LogP) is 2.44. The van der Waals surface area contributed by atoms with Crippen molar-refractivity contribution in [1.82, 2.24) is 15.1 Å². The van der Waals surface area contributed by atoms with Crippen molar-refractivity contribution in [3.8, 4) is 0 Å². The summed E-state index contributed by atoms with van der Waals surface area (Å²) < 4.78 is 2.14. The molecular formula is C13H25N3. The predicted molar refractivity (Wildman–Crippen MR) is 68.8 cm³/mol. The highest BCUT2D eigenvalue weighted by Gasteiger charge is 2.20. The van der Waals surface area contributed by atoms with Crippen molar-refractivity contribution in [1.29, 1.82) is 0 Å². The molecule has 92 valence electrons. The summed E-state index contributed by atoms with van der Waals surface area (Å²) in [5.74, 6) is 0. The van der Waals surface area contributed by atoms with E-state index in [0.717, 1.165) is 25.3 Å². The van der Waals surface area contributed by atoms with E-state index in [-0.39, 0.29) is 5.41 Å². The lowest BCUT2D eigenvalue weighted by Crippen LogP contribution is -2.33. The lowest BCUT2D eigenvalue weighted by molar-refractivity contribution is 0.275. The van der Waals surface area contributed by atoms with E-state index < -0.39 is 0 Å². The number of nitrogens with zero attached hydrogens (tertiary/aromatic N) is 2. The van der Waals surface area contributed by atoms with Gasteiger partial charge in [-0.15, -0.1) is 0 Å². The Bertz CT molecular complexity index is 350. The molecule has 0 aliphatic heterocycles. The average molecular weight is 223 g/mol. The van der Waals surface area contributed by atoms with Gasteiger partial charge in [0.1, 0.15) is 0 Å². The Labute approximate surface area is 99.2 Å². The van der Waals surface area contributed by atoms with Crippen LogP contribution < -0.4 is 5.32 Å². The zero-order valence-corrected chi connectivity index (χ0v) is 11.5. The molecule has 0 aromatic carbocycles. The fourth-order valence-corrected chi connectivity index (χ4v) is 1.87.